The third-order valence-corrected chi connectivity index (χ3v) is 6.19. The molecule has 2 heterocycles. The molecule has 0 radical (unpaired) electrons. The van der Waals surface area contributed by atoms with E-state index in [2.05, 4.69) is 22.5 Å². The third-order valence-electron chi connectivity index (χ3n) is 6.19. The molecule has 3 aromatic rings. The number of carbonyl (C=O) groups excluding carboxylic acids is 2. The van der Waals surface area contributed by atoms with Crippen LogP contribution in [0.2, 0.25) is 0 Å². The van der Waals surface area contributed by atoms with E-state index >= 15 is 0 Å². The number of para-hydroxylation sites is 3. The molecule has 1 N–H and O–H groups in total. The van der Waals surface area contributed by atoms with Crippen molar-refractivity contribution < 1.29 is 9.59 Å². The van der Waals surface area contributed by atoms with Gasteiger partial charge in [0.15, 0.2) is 0 Å². The molecule has 2 amide bonds. The maximum absolute atomic E-state index is 13.4. The third kappa shape index (κ3) is 5.33. The number of aryl methyl sites for hydroxylation is 2. The molecule has 33 heavy (non-hydrogen) atoms. The first-order valence-corrected chi connectivity index (χ1v) is 11.8. The van der Waals surface area contributed by atoms with Gasteiger partial charge in [-0.25, -0.2) is 4.98 Å². The Balaban J connectivity index is 1.43. The van der Waals surface area contributed by atoms with Crippen LogP contribution in [0.15, 0.2) is 60.7 Å². The number of amides is 2. The molecule has 0 atom stereocenters. The Kier molecular flexibility index (Phi) is 7.23. The Bertz CT molecular complexity index is 1160. The number of hydrogen-bond acceptors (Lipinski definition) is 3. The molecular weight excluding hydrogens is 412 g/mol. The van der Waals surface area contributed by atoms with E-state index in [1.165, 1.54) is 5.56 Å². The number of unbranched alkanes of at least 4 members (excludes halogenated alkanes) is 2. The van der Waals surface area contributed by atoms with Gasteiger partial charge in [0.2, 0.25) is 11.8 Å². The van der Waals surface area contributed by atoms with E-state index in [0.29, 0.717) is 18.7 Å². The number of nitrogens with zero attached hydrogens (tertiary/aromatic N) is 3. The highest BCUT2D eigenvalue weighted by molar-refractivity contribution is 5.95. The van der Waals surface area contributed by atoms with Crippen LogP contribution in [0.1, 0.15) is 44.0 Å². The predicted octanol–water partition coefficient (Wildman–Crippen LogP) is 4.42. The number of rotatable bonds is 9. The smallest absolute Gasteiger partial charge is 0.246 e. The van der Waals surface area contributed by atoms with Gasteiger partial charge in [0, 0.05) is 30.8 Å². The summed E-state index contributed by atoms with van der Waals surface area (Å²) in [4.78, 5) is 31.7. The van der Waals surface area contributed by atoms with Gasteiger partial charge in [-0.3, -0.25) is 9.59 Å². The average molecular weight is 445 g/mol. The van der Waals surface area contributed by atoms with Gasteiger partial charge < -0.3 is 14.8 Å². The number of fused-ring (bicyclic) bond motifs is 2. The van der Waals surface area contributed by atoms with Crippen molar-refractivity contribution in [3.8, 4) is 0 Å². The standard InChI is InChI=1S/C27H32N4O2/c1-20(2)27(33)28-17-9-3-4-16-25-29-22-13-6-8-15-24(22)31(25)19-26(32)30-18-10-12-21-11-5-7-14-23(21)30/h5-8,11,13-15H,1,3-4,9-10,12,16-19H2,2H3,(H,28,33). The number of imidazole rings is 1. The largest absolute Gasteiger partial charge is 0.352 e. The Morgan fingerprint density at radius 1 is 1.06 bits per heavy atom. The van der Waals surface area contributed by atoms with Crippen molar-refractivity contribution in [2.75, 3.05) is 18.0 Å². The average Bonchev–Trinajstić information content (AvgIpc) is 3.17. The summed E-state index contributed by atoms with van der Waals surface area (Å²) in [6.07, 6.45) is 5.64. The second-order valence-electron chi connectivity index (χ2n) is 8.73. The van der Waals surface area contributed by atoms with Crippen molar-refractivity contribution in [1.82, 2.24) is 14.9 Å². The quantitative estimate of drug-likeness (QED) is 0.392. The van der Waals surface area contributed by atoms with Crippen LogP contribution in [-0.2, 0) is 29.0 Å². The van der Waals surface area contributed by atoms with Crippen molar-refractivity contribution in [3.63, 3.8) is 0 Å². The Morgan fingerprint density at radius 2 is 1.85 bits per heavy atom. The minimum absolute atomic E-state index is 0.0883. The summed E-state index contributed by atoms with van der Waals surface area (Å²) in [5, 5.41) is 2.87. The lowest BCUT2D eigenvalue weighted by molar-refractivity contribution is -0.119. The number of nitrogens with one attached hydrogen (secondary N) is 1. The van der Waals surface area contributed by atoms with Crippen LogP contribution in [0.3, 0.4) is 0 Å². The second-order valence-corrected chi connectivity index (χ2v) is 8.73. The number of aromatic nitrogens is 2. The predicted molar refractivity (Wildman–Crippen MR) is 132 cm³/mol. The van der Waals surface area contributed by atoms with Crippen molar-refractivity contribution >= 4 is 28.5 Å². The molecule has 6 heteroatoms. The van der Waals surface area contributed by atoms with Crippen LogP contribution in [0.25, 0.3) is 11.0 Å². The number of carbonyl (C=O) groups is 2. The lowest BCUT2D eigenvalue weighted by Crippen LogP contribution is -2.38. The maximum Gasteiger partial charge on any atom is 0.246 e. The Labute approximate surface area is 195 Å². The fraction of sp³-hybridized carbons (Fsp3) is 0.370. The molecular formula is C27H32N4O2. The highest BCUT2D eigenvalue weighted by Gasteiger charge is 2.23. The van der Waals surface area contributed by atoms with Crippen LogP contribution >= 0.6 is 0 Å². The molecule has 1 aliphatic heterocycles. The van der Waals surface area contributed by atoms with Gasteiger partial charge in [-0.2, -0.15) is 0 Å². The van der Waals surface area contributed by atoms with Crippen LogP contribution in [-0.4, -0.2) is 34.5 Å². The fourth-order valence-corrected chi connectivity index (χ4v) is 4.44. The van der Waals surface area contributed by atoms with Gasteiger partial charge in [-0.1, -0.05) is 43.3 Å². The van der Waals surface area contributed by atoms with E-state index < -0.39 is 0 Å². The topological polar surface area (TPSA) is 67.2 Å². The van der Waals surface area contributed by atoms with Crippen LogP contribution in [0.5, 0.6) is 0 Å². The fourth-order valence-electron chi connectivity index (χ4n) is 4.44. The summed E-state index contributed by atoms with van der Waals surface area (Å²) >= 11 is 0. The molecule has 1 aromatic heterocycles. The van der Waals surface area contributed by atoms with Crippen molar-refractivity contribution in [2.24, 2.45) is 0 Å². The first kappa shape index (κ1) is 22.8. The van der Waals surface area contributed by atoms with E-state index in [1.54, 1.807) is 6.92 Å². The summed E-state index contributed by atoms with van der Waals surface area (Å²) < 4.78 is 2.08. The summed E-state index contributed by atoms with van der Waals surface area (Å²) in [5.74, 6) is 0.962. The lowest BCUT2D eigenvalue weighted by Gasteiger charge is -2.29. The molecule has 4 rings (SSSR count). The molecule has 6 nitrogen and oxygen atoms in total. The van der Waals surface area contributed by atoms with Gasteiger partial charge in [-0.05, 0) is 56.4 Å². The van der Waals surface area contributed by atoms with Gasteiger partial charge in [0.05, 0.1) is 11.0 Å². The zero-order valence-electron chi connectivity index (χ0n) is 19.3. The monoisotopic (exact) mass is 444 g/mol. The van der Waals surface area contributed by atoms with Crippen LogP contribution < -0.4 is 10.2 Å². The molecule has 0 aliphatic carbocycles. The van der Waals surface area contributed by atoms with E-state index in [-0.39, 0.29) is 11.8 Å². The summed E-state index contributed by atoms with van der Waals surface area (Å²) in [7, 11) is 0. The van der Waals surface area contributed by atoms with E-state index in [0.717, 1.165) is 67.6 Å². The molecule has 2 aromatic carbocycles. The molecule has 1 aliphatic rings. The number of hydrogen-bond donors (Lipinski definition) is 1. The zero-order valence-corrected chi connectivity index (χ0v) is 19.3. The Hall–Kier alpha value is -3.41. The minimum atomic E-state index is -0.0883. The highest BCUT2D eigenvalue weighted by Crippen LogP contribution is 2.27. The van der Waals surface area contributed by atoms with E-state index in [4.69, 9.17) is 4.98 Å². The summed E-state index contributed by atoms with van der Waals surface area (Å²) in [6, 6.07) is 16.2. The normalized spacial score (nSPS) is 13.1. The van der Waals surface area contributed by atoms with Crippen molar-refractivity contribution in [3.05, 3.63) is 72.1 Å². The number of benzene rings is 2. The maximum atomic E-state index is 13.4. The van der Waals surface area contributed by atoms with E-state index in [1.807, 2.05) is 47.4 Å². The van der Waals surface area contributed by atoms with Gasteiger partial charge in [0.1, 0.15) is 12.4 Å². The summed E-state index contributed by atoms with van der Waals surface area (Å²) in [6.45, 7) is 7.06. The molecule has 0 saturated heterocycles. The molecule has 0 saturated carbocycles. The van der Waals surface area contributed by atoms with E-state index in [9.17, 15) is 9.59 Å². The molecule has 0 bridgehead atoms. The van der Waals surface area contributed by atoms with Gasteiger partial charge >= 0.3 is 0 Å². The van der Waals surface area contributed by atoms with Crippen molar-refractivity contribution in [2.45, 2.75) is 52.0 Å². The first-order chi connectivity index (χ1) is 16.0. The van der Waals surface area contributed by atoms with Gasteiger partial charge in [-0.15, -0.1) is 0 Å². The van der Waals surface area contributed by atoms with Crippen molar-refractivity contribution in [1.29, 1.82) is 0 Å². The summed E-state index contributed by atoms with van der Waals surface area (Å²) in [5.41, 5.74) is 4.74. The SMILES string of the molecule is C=C(C)C(=O)NCCCCCc1nc2ccccc2n1CC(=O)N1CCCc2ccccc21. The highest BCUT2D eigenvalue weighted by atomic mass is 16.2. The number of anilines is 1. The first-order valence-electron chi connectivity index (χ1n) is 11.8. The molecule has 0 fully saturated rings. The Morgan fingerprint density at radius 3 is 2.70 bits per heavy atom. The van der Waals surface area contributed by atoms with Crippen LogP contribution in [0, 0.1) is 0 Å². The van der Waals surface area contributed by atoms with Gasteiger partial charge in [0.25, 0.3) is 0 Å². The molecule has 0 unspecified atom stereocenters. The minimum Gasteiger partial charge on any atom is -0.352 e. The van der Waals surface area contributed by atoms with Crippen LogP contribution in [0.4, 0.5) is 5.69 Å². The lowest BCUT2D eigenvalue weighted by atomic mass is 10.0. The zero-order chi connectivity index (χ0) is 23.2. The molecule has 0 spiro atoms. The second kappa shape index (κ2) is 10.5. The molecule has 172 valence electrons.